The molecule has 2 aromatic heterocycles. The van der Waals surface area contributed by atoms with Gasteiger partial charge in [0.1, 0.15) is 0 Å². The third kappa shape index (κ3) is 2.59. The number of hydrogen-bond acceptors (Lipinski definition) is 1. The van der Waals surface area contributed by atoms with Crippen LogP contribution in [0.15, 0.2) is 41.5 Å². The normalized spacial score (nSPS) is 12.0. The van der Waals surface area contributed by atoms with Crippen molar-refractivity contribution in [2.45, 2.75) is 33.1 Å². The van der Waals surface area contributed by atoms with Crippen molar-refractivity contribution < 1.29 is 0 Å². The van der Waals surface area contributed by atoms with Crippen LogP contribution in [0, 0.1) is 6.92 Å². The zero-order valence-electron chi connectivity index (χ0n) is 12.4. The number of pyridine rings is 1. The molecule has 0 saturated carbocycles. The van der Waals surface area contributed by atoms with Gasteiger partial charge in [0.2, 0.25) is 0 Å². The first kappa shape index (κ1) is 13.6. The molecule has 1 aromatic carbocycles. The quantitative estimate of drug-likeness (QED) is 0.597. The van der Waals surface area contributed by atoms with E-state index in [0.717, 1.165) is 5.69 Å². The Bertz CT molecular complexity index is 762. The Labute approximate surface area is 126 Å². The van der Waals surface area contributed by atoms with E-state index in [-0.39, 0.29) is 5.41 Å². The van der Waals surface area contributed by atoms with Crippen LogP contribution >= 0.6 is 0 Å². The summed E-state index contributed by atoms with van der Waals surface area (Å²) >= 11 is 0.476. The van der Waals surface area contributed by atoms with E-state index >= 15 is 0 Å². The van der Waals surface area contributed by atoms with Crippen molar-refractivity contribution in [1.29, 1.82) is 0 Å². The Morgan fingerprint density at radius 3 is 2.60 bits per heavy atom. The molecule has 0 radical (unpaired) electrons. The fourth-order valence-electron chi connectivity index (χ4n) is 2.38. The summed E-state index contributed by atoms with van der Waals surface area (Å²) in [6, 6.07) is 11.2. The predicted molar refractivity (Wildman–Crippen MR) is 87.6 cm³/mol. The van der Waals surface area contributed by atoms with Gasteiger partial charge in [-0.3, -0.25) is 0 Å². The van der Waals surface area contributed by atoms with Gasteiger partial charge in [0.05, 0.1) is 0 Å². The van der Waals surface area contributed by atoms with Gasteiger partial charge in [-0.15, -0.1) is 0 Å². The molecule has 0 fully saturated rings. The van der Waals surface area contributed by atoms with Gasteiger partial charge in [-0.05, 0) is 0 Å². The molecule has 102 valence electrons. The molecule has 0 bridgehead atoms. The number of rotatable bonds is 1. The molecule has 0 amide bonds. The molecule has 0 aliphatic carbocycles. The monoisotopic (exact) mass is 329 g/mol. The van der Waals surface area contributed by atoms with Crippen LogP contribution in [0.2, 0.25) is 0 Å². The number of aryl methyl sites for hydroxylation is 1. The fourth-order valence-corrected chi connectivity index (χ4v) is 4.05. The summed E-state index contributed by atoms with van der Waals surface area (Å²) in [5, 5.41) is 1.29. The van der Waals surface area contributed by atoms with Crippen molar-refractivity contribution in [2.75, 3.05) is 0 Å². The van der Waals surface area contributed by atoms with Crippen molar-refractivity contribution >= 4 is 24.1 Å². The maximum absolute atomic E-state index is 4.64. The molecule has 0 aliphatic heterocycles. The Morgan fingerprint density at radius 2 is 1.85 bits per heavy atom. The molecule has 0 saturated heterocycles. The van der Waals surface area contributed by atoms with E-state index in [1.807, 2.05) is 6.20 Å². The summed E-state index contributed by atoms with van der Waals surface area (Å²) in [6.07, 6.45) is 2.01. The summed E-state index contributed by atoms with van der Waals surface area (Å²) in [5.74, 6) is 0. The van der Waals surface area contributed by atoms with E-state index in [1.165, 1.54) is 26.3 Å². The van der Waals surface area contributed by atoms with E-state index < -0.39 is 0 Å². The van der Waals surface area contributed by atoms with Crippen LogP contribution in [0.3, 0.4) is 0 Å². The molecule has 0 spiro atoms. The molecule has 0 atom stereocenters. The van der Waals surface area contributed by atoms with E-state index in [1.54, 1.807) is 0 Å². The van der Waals surface area contributed by atoms with Crippen molar-refractivity contribution in [3.63, 3.8) is 0 Å². The SMILES string of the molecule is Cc1cc(-c2cc3[se]ccc3cn2)cc(C(C)(C)C)c1. The minimum atomic E-state index is 0.170. The van der Waals surface area contributed by atoms with Crippen LogP contribution in [-0.4, -0.2) is 19.5 Å². The topological polar surface area (TPSA) is 12.9 Å². The van der Waals surface area contributed by atoms with Crippen LogP contribution in [0.1, 0.15) is 31.9 Å². The van der Waals surface area contributed by atoms with Crippen LogP contribution in [-0.2, 0) is 5.41 Å². The van der Waals surface area contributed by atoms with Crippen molar-refractivity contribution in [2.24, 2.45) is 0 Å². The molecular formula is C18H19NSe. The summed E-state index contributed by atoms with van der Waals surface area (Å²) in [7, 11) is 0. The van der Waals surface area contributed by atoms with Crippen molar-refractivity contribution in [1.82, 2.24) is 4.98 Å². The molecule has 3 rings (SSSR count). The summed E-state index contributed by atoms with van der Waals surface area (Å²) in [5.41, 5.74) is 5.18. The first-order valence-corrected chi connectivity index (χ1v) is 8.74. The molecular weight excluding hydrogens is 309 g/mol. The van der Waals surface area contributed by atoms with E-state index in [2.05, 4.69) is 68.0 Å². The Kier molecular flexibility index (Phi) is 3.32. The number of fused-ring (bicyclic) bond motifs is 1. The fraction of sp³-hybridized carbons (Fsp3) is 0.278. The Morgan fingerprint density at radius 1 is 1.05 bits per heavy atom. The van der Waals surface area contributed by atoms with Gasteiger partial charge in [0, 0.05) is 0 Å². The second-order valence-electron chi connectivity index (χ2n) is 6.37. The summed E-state index contributed by atoms with van der Waals surface area (Å²) < 4.78 is 1.45. The molecule has 2 heteroatoms. The second-order valence-corrected chi connectivity index (χ2v) is 8.35. The number of benzene rings is 1. The third-order valence-corrected chi connectivity index (χ3v) is 5.42. The van der Waals surface area contributed by atoms with Crippen molar-refractivity contribution in [3.05, 3.63) is 52.6 Å². The van der Waals surface area contributed by atoms with Crippen LogP contribution < -0.4 is 0 Å². The Balaban J connectivity index is 2.15. The van der Waals surface area contributed by atoms with E-state index in [9.17, 15) is 0 Å². The zero-order valence-corrected chi connectivity index (χ0v) is 14.1. The third-order valence-electron chi connectivity index (χ3n) is 3.58. The van der Waals surface area contributed by atoms with Gasteiger partial charge < -0.3 is 0 Å². The van der Waals surface area contributed by atoms with E-state index in [4.69, 9.17) is 0 Å². The van der Waals surface area contributed by atoms with Gasteiger partial charge in [-0.1, -0.05) is 0 Å². The number of nitrogens with zero attached hydrogens (tertiary/aromatic N) is 1. The van der Waals surface area contributed by atoms with Gasteiger partial charge in [-0.2, -0.15) is 0 Å². The minimum absolute atomic E-state index is 0.170. The molecule has 1 nitrogen and oxygen atoms in total. The molecule has 2 heterocycles. The van der Waals surface area contributed by atoms with Crippen LogP contribution in [0.4, 0.5) is 0 Å². The van der Waals surface area contributed by atoms with E-state index in [0.29, 0.717) is 14.5 Å². The Hall–Kier alpha value is -1.37. The predicted octanol–water partition coefficient (Wildman–Crippen LogP) is 4.56. The molecule has 0 aliphatic rings. The average Bonchev–Trinajstić information content (AvgIpc) is 2.84. The summed E-state index contributed by atoms with van der Waals surface area (Å²) in [6.45, 7) is 8.94. The summed E-state index contributed by atoms with van der Waals surface area (Å²) in [4.78, 5) is 6.91. The van der Waals surface area contributed by atoms with Crippen LogP contribution in [0.25, 0.3) is 20.9 Å². The molecule has 0 N–H and O–H groups in total. The second kappa shape index (κ2) is 4.87. The first-order chi connectivity index (χ1) is 9.43. The van der Waals surface area contributed by atoms with Crippen LogP contribution in [0.5, 0.6) is 0 Å². The maximum atomic E-state index is 4.64. The standard InChI is InChI=1S/C18H19NSe/c1-12-7-14(9-15(8-12)18(2,3)4)16-10-17-13(11-19-16)5-6-20-17/h5-11H,1-4H3. The molecule has 20 heavy (non-hydrogen) atoms. The van der Waals surface area contributed by atoms with Crippen molar-refractivity contribution in [3.8, 4) is 11.3 Å². The van der Waals surface area contributed by atoms with Gasteiger partial charge in [0.15, 0.2) is 0 Å². The number of aromatic nitrogens is 1. The number of hydrogen-bond donors (Lipinski definition) is 0. The average molecular weight is 328 g/mol. The molecule has 3 aromatic rings. The first-order valence-electron chi connectivity index (χ1n) is 6.89. The van der Waals surface area contributed by atoms with Gasteiger partial charge in [-0.25, -0.2) is 0 Å². The van der Waals surface area contributed by atoms with Gasteiger partial charge >= 0.3 is 126 Å². The molecule has 0 unspecified atom stereocenters. The zero-order chi connectivity index (χ0) is 14.3. The van der Waals surface area contributed by atoms with Gasteiger partial charge in [0.25, 0.3) is 0 Å².